The topological polar surface area (TPSA) is 47.9 Å². The molecule has 0 aromatic heterocycles. The quantitative estimate of drug-likeness (QED) is 0.226. The molecule has 2 bridgehead atoms. The molecule has 4 heteroatoms. The molecule has 0 heterocycles. The Morgan fingerprint density at radius 2 is 1.82 bits per heavy atom. The molecule has 4 nitrogen and oxygen atoms in total. The first-order valence-electron chi connectivity index (χ1n) is 11.8. The van der Waals surface area contributed by atoms with Gasteiger partial charge in [-0.1, -0.05) is 26.8 Å². The lowest BCUT2D eigenvalue weighted by atomic mass is 9.62. The Balaban J connectivity index is 1.38. The smallest absolute Gasteiger partial charge is 0.204 e. The van der Waals surface area contributed by atoms with Crippen LogP contribution in [0.2, 0.25) is 0 Å². The molecule has 3 rings (SSSR count). The van der Waals surface area contributed by atoms with Crippen molar-refractivity contribution < 1.29 is 19.6 Å². The van der Waals surface area contributed by atoms with Crippen LogP contribution in [0, 0.1) is 29.6 Å². The van der Waals surface area contributed by atoms with Crippen molar-refractivity contribution in [1.29, 1.82) is 0 Å². The summed E-state index contributed by atoms with van der Waals surface area (Å²) in [6, 6.07) is 0. The SMILES string of the molecule is C=C(CCCC1CCC(OOC2(O)C(C)CC3CC(C)CC2C3)CC1)OCC. The van der Waals surface area contributed by atoms with Crippen LogP contribution in [-0.4, -0.2) is 23.6 Å². The molecule has 0 amide bonds. The highest BCUT2D eigenvalue weighted by Gasteiger charge is 2.52. The Morgan fingerprint density at radius 1 is 1.07 bits per heavy atom. The number of rotatable bonds is 9. The largest absolute Gasteiger partial charge is 0.499 e. The molecule has 28 heavy (non-hydrogen) atoms. The Morgan fingerprint density at radius 3 is 2.54 bits per heavy atom. The lowest BCUT2D eigenvalue weighted by Gasteiger charge is -2.50. The maximum atomic E-state index is 11.3. The van der Waals surface area contributed by atoms with Crippen LogP contribution >= 0.6 is 0 Å². The van der Waals surface area contributed by atoms with Crippen molar-refractivity contribution in [3.63, 3.8) is 0 Å². The monoisotopic (exact) mass is 394 g/mol. The molecule has 1 N–H and O–H groups in total. The second-order valence-electron chi connectivity index (χ2n) is 9.95. The highest BCUT2D eigenvalue weighted by Crippen LogP contribution is 2.50. The van der Waals surface area contributed by atoms with Gasteiger partial charge in [-0.25, -0.2) is 9.78 Å². The molecule has 3 aliphatic rings. The normalized spacial score (nSPS) is 40.9. The summed E-state index contributed by atoms with van der Waals surface area (Å²) in [6.07, 6.45) is 12.4. The first kappa shape index (κ1) is 22.1. The average Bonchev–Trinajstić information content (AvgIpc) is 2.66. The average molecular weight is 395 g/mol. The summed E-state index contributed by atoms with van der Waals surface area (Å²) in [5.74, 6) is 2.40. The van der Waals surface area contributed by atoms with Crippen LogP contribution < -0.4 is 0 Å². The van der Waals surface area contributed by atoms with E-state index in [0.717, 1.165) is 62.5 Å². The zero-order valence-corrected chi connectivity index (χ0v) is 18.3. The predicted molar refractivity (Wildman–Crippen MR) is 111 cm³/mol. The van der Waals surface area contributed by atoms with E-state index in [0.29, 0.717) is 12.5 Å². The van der Waals surface area contributed by atoms with Gasteiger partial charge in [-0.3, -0.25) is 0 Å². The number of ether oxygens (including phenoxy) is 1. The van der Waals surface area contributed by atoms with Gasteiger partial charge in [-0.05, 0) is 82.5 Å². The minimum absolute atomic E-state index is 0.129. The van der Waals surface area contributed by atoms with Gasteiger partial charge in [0.2, 0.25) is 5.79 Å². The molecule has 5 atom stereocenters. The van der Waals surface area contributed by atoms with Crippen molar-refractivity contribution >= 4 is 0 Å². The summed E-state index contributed by atoms with van der Waals surface area (Å²) in [5.41, 5.74) is 0. The molecular weight excluding hydrogens is 352 g/mol. The van der Waals surface area contributed by atoms with Crippen LogP contribution in [0.25, 0.3) is 0 Å². The van der Waals surface area contributed by atoms with E-state index >= 15 is 0 Å². The fourth-order valence-corrected chi connectivity index (χ4v) is 6.02. The van der Waals surface area contributed by atoms with E-state index in [2.05, 4.69) is 20.4 Å². The van der Waals surface area contributed by atoms with Crippen molar-refractivity contribution in [1.82, 2.24) is 0 Å². The molecule has 0 spiro atoms. The Hall–Kier alpha value is -0.580. The Kier molecular flexibility index (Phi) is 7.86. The molecule has 0 aromatic rings. The summed E-state index contributed by atoms with van der Waals surface area (Å²) in [7, 11) is 0. The molecule has 3 saturated carbocycles. The summed E-state index contributed by atoms with van der Waals surface area (Å²) in [4.78, 5) is 11.7. The van der Waals surface area contributed by atoms with Crippen LogP contribution in [0.4, 0.5) is 0 Å². The molecule has 3 fully saturated rings. The third-order valence-corrected chi connectivity index (χ3v) is 7.55. The van der Waals surface area contributed by atoms with Crippen LogP contribution in [0.5, 0.6) is 0 Å². The third kappa shape index (κ3) is 5.52. The zero-order chi connectivity index (χ0) is 20.1. The maximum Gasteiger partial charge on any atom is 0.204 e. The van der Waals surface area contributed by atoms with Crippen LogP contribution in [0.3, 0.4) is 0 Å². The third-order valence-electron chi connectivity index (χ3n) is 7.55. The van der Waals surface area contributed by atoms with E-state index < -0.39 is 5.79 Å². The van der Waals surface area contributed by atoms with Gasteiger partial charge in [0.1, 0.15) is 0 Å². The van der Waals surface area contributed by atoms with Crippen LogP contribution in [0.1, 0.15) is 91.4 Å². The Bertz CT molecular complexity index is 495. The van der Waals surface area contributed by atoms with Gasteiger partial charge in [0.15, 0.2) is 0 Å². The molecule has 0 aliphatic heterocycles. The number of fused-ring (bicyclic) bond motifs is 2. The van der Waals surface area contributed by atoms with Gasteiger partial charge >= 0.3 is 0 Å². The molecule has 0 radical (unpaired) electrons. The van der Waals surface area contributed by atoms with Gasteiger partial charge in [0, 0.05) is 18.3 Å². The van der Waals surface area contributed by atoms with Crippen molar-refractivity contribution in [2.24, 2.45) is 29.6 Å². The van der Waals surface area contributed by atoms with Crippen molar-refractivity contribution in [2.75, 3.05) is 6.61 Å². The fraction of sp³-hybridized carbons (Fsp3) is 0.917. The van der Waals surface area contributed by atoms with Gasteiger partial charge in [-0.2, -0.15) is 0 Å². The van der Waals surface area contributed by atoms with E-state index in [4.69, 9.17) is 14.5 Å². The van der Waals surface area contributed by atoms with Crippen molar-refractivity contribution in [3.05, 3.63) is 12.3 Å². The van der Waals surface area contributed by atoms with Crippen molar-refractivity contribution in [3.8, 4) is 0 Å². The first-order chi connectivity index (χ1) is 13.4. The standard InChI is InChI=1S/C24H42O4/c1-5-26-19(4)7-6-8-20-9-11-23(12-10-20)27-28-24(25)18(3)15-21-13-17(2)14-22(24)16-21/h17-18,20-23,25H,4-16H2,1-3H3. The van der Waals surface area contributed by atoms with Gasteiger partial charge in [0.05, 0.1) is 18.5 Å². The Labute approximate surface area is 171 Å². The van der Waals surface area contributed by atoms with E-state index in [1.807, 2.05) is 6.92 Å². The lowest BCUT2D eigenvalue weighted by Crippen LogP contribution is -2.54. The molecule has 3 aliphatic carbocycles. The van der Waals surface area contributed by atoms with Crippen LogP contribution in [0.15, 0.2) is 12.3 Å². The molecular formula is C24H42O4. The van der Waals surface area contributed by atoms with Crippen molar-refractivity contribution in [2.45, 2.75) is 103 Å². The number of aliphatic hydroxyl groups is 1. The highest BCUT2D eigenvalue weighted by atomic mass is 17.2. The van der Waals surface area contributed by atoms with Gasteiger partial charge < -0.3 is 9.84 Å². The van der Waals surface area contributed by atoms with E-state index in [1.165, 1.54) is 25.7 Å². The summed E-state index contributed by atoms with van der Waals surface area (Å²) in [6.45, 7) is 11.1. The molecule has 162 valence electrons. The maximum absolute atomic E-state index is 11.3. The summed E-state index contributed by atoms with van der Waals surface area (Å²) < 4.78 is 5.44. The first-order valence-corrected chi connectivity index (χ1v) is 11.8. The van der Waals surface area contributed by atoms with E-state index in [-0.39, 0.29) is 17.9 Å². The van der Waals surface area contributed by atoms with Crippen LogP contribution in [-0.2, 0) is 14.5 Å². The second kappa shape index (κ2) is 9.95. The fourth-order valence-electron chi connectivity index (χ4n) is 6.02. The zero-order valence-electron chi connectivity index (χ0n) is 18.3. The number of allylic oxidation sites excluding steroid dienone is 1. The number of hydrogen-bond donors (Lipinski definition) is 1. The highest BCUT2D eigenvalue weighted by molar-refractivity contribution is 4.94. The summed E-state index contributed by atoms with van der Waals surface area (Å²) in [5, 5.41) is 11.3. The predicted octanol–water partition coefficient (Wildman–Crippen LogP) is 5.99. The van der Waals surface area contributed by atoms with E-state index in [1.54, 1.807) is 0 Å². The second-order valence-corrected chi connectivity index (χ2v) is 9.95. The minimum atomic E-state index is -1.10. The minimum Gasteiger partial charge on any atom is -0.499 e. The molecule has 5 unspecified atom stereocenters. The van der Waals surface area contributed by atoms with Gasteiger partial charge in [-0.15, -0.1) is 0 Å². The van der Waals surface area contributed by atoms with Gasteiger partial charge in [0.25, 0.3) is 0 Å². The molecule has 0 aromatic carbocycles. The molecule has 0 saturated heterocycles. The number of hydrogen-bond acceptors (Lipinski definition) is 4. The van der Waals surface area contributed by atoms with E-state index in [9.17, 15) is 5.11 Å². The summed E-state index contributed by atoms with van der Waals surface area (Å²) >= 11 is 0. The lowest BCUT2D eigenvalue weighted by molar-refractivity contribution is -0.472.